The maximum atomic E-state index is 11.4. The van der Waals surface area contributed by atoms with Crippen molar-refractivity contribution < 1.29 is 9.53 Å². The Morgan fingerprint density at radius 3 is 2.88 bits per heavy atom. The van der Waals surface area contributed by atoms with Gasteiger partial charge in [0.05, 0.1) is 0 Å². The lowest BCUT2D eigenvalue weighted by atomic mass is 10.3. The molecule has 1 aromatic rings. The van der Waals surface area contributed by atoms with Crippen LogP contribution in [0.25, 0.3) is 0 Å². The van der Waals surface area contributed by atoms with Crippen molar-refractivity contribution in [2.45, 2.75) is 0 Å². The molecule has 0 aromatic heterocycles. The number of amides is 2. The second-order valence-corrected chi connectivity index (χ2v) is 3.25. The van der Waals surface area contributed by atoms with Crippen LogP contribution in [-0.4, -0.2) is 19.2 Å². The fourth-order valence-electron chi connectivity index (χ4n) is 1.16. The molecule has 0 saturated carbocycles. The van der Waals surface area contributed by atoms with Gasteiger partial charge in [-0.1, -0.05) is 24.8 Å². The average Bonchev–Trinajstić information content (AvgIpc) is 2.34. The Balaban J connectivity index is 2.55. The second kappa shape index (κ2) is 7.11. The Morgan fingerprint density at radius 1 is 1.35 bits per heavy atom. The minimum absolute atomic E-state index is 0.272. The van der Waals surface area contributed by atoms with Crippen molar-refractivity contribution in [3.63, 3.8) is 0 Å². The Labute approximate surface area is 101 Å². The highest BCUT2D eigenvalue weighted by Gasteiger charge is 2.00. The summed E-state index contributed by atoms with van der Waals surface area (Å²) < 4.78 is 5.35. The zero-order valence-corrected chi connectivity index (χ0v) is 9.61. The van der Waals surface area contributed by atoms with Crippen molar-refractivity contribution in [3.8, 4) is 5.75 Å². The first-order valence-corrected chi connectivity index (χ1v) is 5.25. The van der Waals surface area contributed by atoms with Crippen LogP contribution in [0.2, 0.25) is 0 Å². The monoisotopic (exact) mass is 232 g/mol. The molecule has 90 valence electrons. The van der Waals surface area contributed by atoms with Gasteiger partial charge < -0.3 is 15.4 Å². The number of carbonyl (C=O) groups is 1. The average molecular weight is 232 g/mol. The molecule has 0 fully saturated rings. The molecule has 0 spiro atoms. The third-order valence-corrected chi connectivity index (χ3v) is 1.87. The molecular formula is C13H16N2O2. The molecule has 1 aromatic carbocycles. The standard InChI is InChI=1S/C13H16N2O2/c1-3-8-14-13(16)15-11-6-5-7-12(10-11)17-9-4-2/h3-7,10H,1-2,8-9H2,(H2,14,15,16). The van der Waals surface area contributed by atoms with Crippen LogP contribution in [0.3, 0.4) is 0 Å². The number of nitrogens with one attached hydrogen (secondary N) is 2. The highest BCUT2D eigenvalue weighted by atomic mass is 16.5. The quantitative estimate of drug-likeness (QED) is 0.740. The van der Waals surface area contributed by atoms with Crippen LogP contribution in [0.1, 0.15) is 0 Å². The molecule has 0 radical (unpaired) electrons. The fourth-order valence-corrected chi connectivity index (χ4v) is 1.16. The first-order chi connectivity index (χ1) is 8.26. The molecule has 1 rings (SSSR count). The lowest BCUT2D eigenvalue weighted by Gasteiger charge is -2.08. The van der Waals surface area contributed by atoms with Gasteiger partial charge in [0.15, 0.2) is 0 Å². The third-order valence-electron chi connectivity index (χ3n) is 1.87. The van der Waals surface area contributed by atoms with Crippen molar-refractivity contribution >= 4 is 11.7 Å². The van der Waals surface area contributed by atoms with E-state index >= 15 is 0 Å². The normalized spacial score (nSPS) is 9.18. The SMILES string of the molecule is C=CCNC(=O)Nc1cccc(OCC=C)c1. The molecule has 0 aliphatic heterocycles. The number of rotatable bonds is 6. The van der Waals surface area contributed by atoms with E-state index in [4.69, 9.17) is 4.74 Å². The summed E-state index contributed by atoms with van der Waals surface area (Å²) in [5.74, 6) is 0.687. The van der Waals surface area contributed by atoms with E-state index in [0.717, 1.165) is 0 Å². The van der Waals surface area contributed by atoms with Crippen LogP contribution in [0.15, 0.2) is 49.6 Å². The molecule has 4 nitrogen and oxygen atoms in total. The number of urea groups is 1. The Morgan fingerprint density at radius 2 is 2.18 bits per heavy atom. The fraction of sp³-hybridized carbons (Fsp3) is 0.154. The molecule has 0 heterocycles. The Kier molecular flexibility index (Phi) is 5.37. The number of carbonyl (C=O) groups excluding carboxylic acids is 1. The molecule has 2 amide bonds. The summed E-state index contributed by atoms with van der Waals surface area (Å²) in [5.41, 5.74) is 0.674. The third kappa shape index (κ3) is 4.88. The summed E-state index contributed by atoms with van der Waals surface area (Å²) in [6.45, 7) is 7.95. The highest BCUT2D eigenvalue weighted by molar-refractivity contribution is 5.89. The summed E-state index contributed by atoms with van der Waals surface area (Å²) >= 11 is 0. The van der Waals surface area contributed by atoms with Crippen LogP contribution in [0.4, 0.5) is 10.5 Å². The van der Waals surface area contributed by atoms with Crippen molar-refractivity contribution in [2.75, 3.05) is 18.5 Å². The van der Waals surface area contributed by atoms with E-state index in [-0.39, 0.29) is 6.03 Å². The molecule has 0 atom stereocenters. The van der Waals surface area contributed by atoms with Gasteiger partial charge >= 0.3 is 6.03 Å². The minimum atomic E-state index is -0.272. The van der Waals surface area contributed by atoms with Gasteiger partial charge in [-0.05, 0) is 12.1 Å². The van der Waals surface area contributed by atoms with Gasteiger partial charge in [-0.2, -0.15) is 0 Å². The molecule has 0 aliphatic carbocycles. The topological polar surface area (TPSA) is 50.4 Å². The van der Waals surface area contributed by atoms with Gasteiger partial charge in [0.1, 0.15) is 12.4 Å². The zero-order chi connectivity index (χ0) is 12.5. The predicted molar refractivity (Wildman–Crippen MR) is 69.4 cm³/mol. The number of hydrogen-bond acceptors (Lipinski definition) is 2. The molecule has 0 unspecified atom stereocenters. The summed E-state index contributed by atoms with van der Waals surface area (Å²) in [6, 6.07) is 6.88. The van der Waals surface area contributed by atoms with Crippen LogP contribution >= 0.6 is 0 Å². The van der Waals surface area contributed by atoms with Crippen molar-refractivity contribution in [2.24, 2.45) is 0 Å². The first kappa shape index (κ1) is 12.8. The van der Waals surface area contributed by atoms with E-state index in [0.29, 0.717) is 24.6 Å². The largest absolute Gasteiger partial charge is 0.489 e. The van der Waals surface area contributed by atoms with Crippen molar-refractivity contribution in [1.82, 2.24) is 5.32 Å². The first-order valence-electron chi connectivity index (χ1n) is 5.25. The van der Waals surface area contributed by atoms with E-state index in [9.17, 15) is 4.79 Å². The van der Waals surface area contributed by atoms with Gasteiger partial charge in [0.25, 0.3) is 0 Å². The van der Waals surface area contributed by atoms with Gasteiger partial charge in [0.2, 0.25) is 0 Å². The summed E-state index contributed by atoms with van der Waals surface area (Å²) in [4.78, 5) is 11.4. The molecule has 17 heavy (non-hydrogen) atoms. The smallest absolute Gasteiger partial charge is 0.319 e. The maximum absolute atomic E-state index is 11.4. The molecule has 4 heteroatoms. The van der Waals surface area contributed by atoms with Crippen molar-refractivity contribution in [1.29, 1.82) is 0 Å². The minimum Gasteiger partial charge on any atom is -0.489 e. The van der Waals surface area contributed by atoms with E-state index in [1.54, 1.807) is 24.3 Å². The number of benzene rings is 1. The Hall–Kier alpha value is -2.23. The van der Waals surface area contributed by atoms with E-state index < -0.39 is 0 Å². The number of ether oxygens (including phenoxy) is 1. The summed E-state index contributed by atoms with van der Waals surface area (Å²) in [6.07, 6.45) is 3.28. The zero-order valence-electron chi connectivity index (χ0n) is 9.61. The molecular weight excluding hydrogens is 216 g/mol. The van der Waals surface area contributed by atoms with E-state index in [2.05, 4.69) is 23.8 Å². The summed E-state index contributed by atoms with van der Waals surface area (Å²) in [5, 5.41) is 5.31. The summed E-state index contributed by atoms with van der Waals surface area (Å²) in [7, 11) is 0. The molecule has 2 N–H and O–H groups in total. The molecule has 0 saturated heterocycles. The van der Waals surface area contributed by atoms with Crippen LogP contribution in [0, 0.1) is 0 Å². The molecule has 0 aliphatic rings. The van der Waals surface area contributed by atoms with Gasteiger partial charge in [-0.15, -0.1) is 6.58 Å². The van der Waals surface area contributed by atoms with Gasteiger partial charge in [0, 0.05) is 18.3 Å². The lowest BCUT2D eigenvalue weighted by Crippen LogP contribution is -2.28. The van der Waals surface area contributed by atoms with Gasteiger partial charge in [-0.3, -0.25) is 0 Å². The lowest BCUT2D eigenvalue weighted by molar-refractivity contribution is 0.253. The molecule has 0 bridgehead atoms. The van der Waals surface area contributed by atoms with E-state index in [1.807, 2.05) is 12.1 Å². The number of hydrogen-bond donors (Lipinski definition) is 2. The van der Waals surface area contributed by atoms with Crippen LogP contribution < -0.4 is 15.4 Å². The predicted octanol–water partition coefficient (Wildman–Crippen LogP) is 2.56. The van der Waals surface area contributed by atoms with Crippen molar-refractivity contribution in [3.05, 3.63) is 49.6 Å². The Bertz CT molecular complexity index is 402. The highest BCUT2D eigenvalue weighted by Crippen LogP contribution is 2.17. The maximum Gasteiger partial charge on any atom is 0.319 e. The number of anilines is 1. The van der Waals surface area contributed by atoms with Gasteiger partial charge in [-0.25, -0.2) is 4.79 Å². The van der Waals surface area contributed by atoms with E-state index in [1.165, 1.54) is 0 Å². The van der Waals surface area contributed by atoms with Crippen LogP contribution in [-0.2, 0) is 0 Å². The van der Waals surface area contributed by atoms with Crippen LogP contribution in [0.5, 0.6) is 5.75 Å². The second-order valence-electron chi connectivity index (χ2n) is 3.25.